The Morgan fingerprint density at radius 3 is 2.71 bits per heavy atom. The van der Waals surface area contributed by atoms with E-state index in [2.05, 4.69) is 10.3 Å². The average Bonchev–Trinajstić information content (AvgIpc) is 3.79. The summed E-state index contributed by atoms with van der Waals surface area (Å²) in [6.07, 6.45) is 0.641. The van der Waals surface area contributed by atoms with Crippen LogP contribution in [0.5, 0.6) is 5.75 Å². The van der Waals surface area contributed by atoms with Crippen molar-refractivity contribution in [3.8, 4) is 22.9 Å². The van der Waals surface area contributed by atoms with E-state index in [1.54, 1.807) is 36.7 Å². The minimum absolute atomic E-state index is 0.0178. The molecule has 41 heavy (non-hydrogen) atoms. The van der Waals surface area contributed by atoms with Crippen molar-refractivity contribution in [3.05, 3.63) is 78.1 Å². The van der Waals surface area contributed by atoms with Crippen molar-refractivity contribution < 1.29 is 33.3 Å². The number of nitrogens with one attached hydrogen (secondary N) is 1. The first-order chi connectivity index (χ1) is 19.7. The first-order valence-corrected chi connectivity index (χ1v) is 13.2. The van der Waals surface area contributed by atoms with E-state index >= 15 is 0 Å². The van der Waals surface area contributed by atoms with Gasteiger partial charge in [-0.15, -0.1) is 0 Å². The van der Waals surface area contributed by atoms with Gasteiger partial charge in [-0.3, -0.25) is 14.6 Å². The third-order valence-corrected chi connectivity index (χ3v) is 7.38. The number of carbonyl (C=O) groups is 2. The van der Waals surface area contributed by atoms with Gasteiger partial charge in [0.15, 0.2) is 12.2 Å². The van der Waals surface area contributed by atoms with Crippen molar-refractivity contribution in [2.75, 3.05) is 25.0 Å². The summed E-state index contributed by atoms with van der Waals surface area (Å²) in [4.78, 5) is 29.7. The maximum absolute atomic E-state index is 14.9. The highest BCUT2D eigenvalue weighted by molar-refractivity contribution is 5.95. The Morgan fingerprint density at radius 1 is 1.20 bits per heavy atom. The van der Waals surface area contributed by atoms with E-state index in [0.29, 0.717) is 16.8 Å². The van der Waals surface area contributed by atoms with Gasteiger partial charge in [-0.25, -0.2) is 8.78 Å². The van der Waals surface area contributed by atoms with Gasteiger partial charge in [0, 0.05) is 37.0 Å². The Bertz CT molecular complexity index is 1480. The predicted molar refractivity (Wildman–Crippen MR) is 144 cm³/mol. The lowest BCUT2D eigenvalue weighted by Crippen LogP contribution is -2.57. The van der Waals surface area contributed by atoms with Crippen LogP contribution in [0.1, 0.15) is 29.9 Å². The molecule has 1 aliphatic carbocycles. The molecule has 3 N–H and O–H groups in total. The number of anilines is 1. The van der Waals surface area contributed by atoms with E-state index in [9.17, 15) is 28.7 Å². The van der Waals surface area contributed by atoms with Gasteiger partial charge in [0.2, 0.25) is 5.91 Å². The third-order valence-electron chi connectivity index (χ3n) is 7.38. The molecule has 11 heteroatoms. The zero-order chi connectivity index (χ0) is 29.1. The minimum atomic E-state index is -3.45. The number of nitriles is 1. The molecule has 2 fully saturated rings. The lowest BCUT2D eigenvalue weighted by Gasteiger charge is -2.38. The number of alkyl halides is 2. The fourth-order valence-electron chi connectivity index (χ4n) is 5.05. The SMILES string of the molecule is N#Cc1cc(-c2cccc(NC(=O)[C@H]3C[C@@H]3c3cccnc3)c2)ccc1O[C@H]1CCN(C(=O)[C@@H](O)CO)CC1(F)F. The molecule has 2 amide bonds. The van der Waals surface area contributed by atoms with Gasteiger partial charge in [0.05, 0.1) is 18.7 Å². The number of amides is 2. The standard InChI is InChI=1S/C30H28F2N4O5/c31-30(32)17-36(29(40)25(38)16-37)10-8-27(30)41-26-7-6-19(11-21(26)14-33)18-3-1-5-22(12-18)35-28(39)24-13-23(24)20-4-2-9-34-15-20/h1-7,9,11-12,15,23-25,27,37-38H,8,10,13,16-17H2,(H,35,39)/t23-,24+,25+,27+/m1/s1. The molecule has 2 aliphatic rings. The molecule has 212 valence electrons. The summed E-state index contributed by atoms with van der Waals surface area (Å²) >= 11 is 0. The van der Waals surface area contributed by atoms with Gasteiger partial charge in [-0.05, 0) is 59.4 Å². The second kappa shape index (κ2) is 11.6. The summed E-state index contributed by atoms with van der Waals surface area (Å²) in [5, 5.41) is 31.1. The van der Waals surface area contributed by atoms with Gasteiger partial charge >= 0.3 is 5.92 Å². The molecule has 1 saturated heterocycles. The fraction of sp³-hybridized carbons (Fsp3) is 0.333. The van der Waals surface area contributed by atoms with Gasteiger partial charge in [-0.1, -0.05) is 24.3 Å². The highest BCUT2D eigenvalue weighted by Crippen LogP contribution is 2.47. The molecule has 5 rings (SSSR count). The van der Waals surface area contributed by atoms with Crippen LogP contribution in [0.25, 0.3) is 11.1 Å². The van der Waals surface area contributed by atoms with E-state index in [1.807, 2.05) is 24.3 Å². The van der Waals surface area contributed by atoms with Gasteiger partial charge in [-0.2, -0.15) is 5.26 Å². The van der Waals surface area contributed by atoms with Gasteiger partial charge < -0.3 is 25.2 Å². The summed E-state index contributed by atoms with van der Waals surface area (Å²) in [6.45, 7) is -1.94. The van der Waals surface area contributed by atoms with Gasteiger partial charge in [0.1, 0.15) is 11.8 Å². The number of halogens is 2. The molecular formula is C30H28F2N4O5. The Morgan fingerprint density at radius 2 is 2.00 bits per heavy atom. The van der Waals surface area contributed by atoms with E-state index in [1.165, 1.54) is 12.1 Å². The molecular weight excluding hydrogens is 534 g/mol. The summed E-state index contributed by atoms with van der Waals surface area (Å²) in [7, 11) is 0. The number of likely N-dealkylation sites (tertiary alicyclic amines) is 1. The number of carbonyl (C=O) groups excluding carboxylic acids is 2. The van der Waals surface area contributed by atoms with Crippen LogP contribution in [0, 0.1) is 17.2 Å². The highest BCUT2D eigenvalue weighted by Gasteiger charge is 2.48. The fourth-order valence-corrected chi connectivity index (χ4v) is 5.05. The second-order valence-electron chi connectivity index (χ2n) is 10.2. The summed E-state index contributed by atoms with van der Waals surface area (Å²) in [5.74, 6) is -4.51. The van der Waals surface area contributed by atoms with Crippen molar-refractivity contribution in [1.29, 1.82) is 5.26 Å². The Hall–Kier alpha value is -4.40. The number of aromatic nitrogens is 1. The Labute approximate surface area is 235 Å². The molecule has 2 aromatic carbocycles. The van der Waals surface area contributed by atoms with Gasteiger partial charge in [0.25, 0.3) is 5.91 Å². The van der Waals surface area contributed by atoms with Crippen LogP contribution in [-0.4, -0.2) is 69.7 Å². The molecule has 0 radical (unpaired) electrons. The second-order valence-corrected chi connectivity index (χ2v) is 10.2. The number of aliphatic hydroxyl groups is 2. The molecule has 1 aliphatic heterocycles. The Balaban J connectivity index is 1.25. The first kappa shape index (κ1) is 28.1. The van der Waals surface area contributed by atoms with Crippen molar-refractivity contribution in [2.24, 2.45) is 5.92 Å². The highest BCUT2D eigenvalue weighted by atomic mass is 19.3. The number of ether oxygens (including phenoxy) is 1. The molecule has 0 unspecified atom stereocenters. The summed E-state index contributed by atoms with van der Waals surface area (Å²) in [5.41, 5.74) is 3.03. The van der Waals surface area contributed by atoms with Crippen LogP contribution >= 0.6 is 0 Å². The van der Waals surface area contributed by atoms with Crippen LogP contribution in [0.3, 0.4) is 0 Å². The lowest BCUT2D eigenvalue weighted by molar-refractivity contribution is -0.167. The van der Waals surface area contributed by atoms with E-state index < -0.39 is 37.2 Å². The molecule has 1 aromatic heterocycles. The summed E-state index contributed by atoms with van der Waals surface area (Å²) in [6, 6.07) is 17.6. The number of hydrogen-bond donors (Lipinski definition) is 3. The topological polar surface area (TPSA) is 136 Å². The number of hydrogen-bond acceptors (Lipinski definition) is 7. The molecule has 1 saturated carbocycles. The maximum Gasteiger partial charge on any atom is 0.301 e. The van der Waals surface area contributed by atoms with E-state index in [-0.39, 0.29) is 42.0 Å². The number of piperidine rings is 1. The van der Waals surface area contributed by atoms with E-state index in [4.69, 9.17) is 9.84 Å². The van der Waals surface area contributed by atoms with Crippen molar-refractivity contribution in [3.63, 3.8) is 0 Å². The zero-order valence-corrected chi connectivity index (χ0v) is 21.9. The van der Waals surface area contributed by atoms with Crippen LogP contribution < -0.4 is 10.1 Å². The first-order valence-electron chi connectivity index (χ1n) is 13.2. The molecule has 0 bridgehead atoms. The Kier molecular flexibility index (Phi) is 7.97. The third kappa shape index (κ3) is 6.19. The number of nitrogens with zero attached hydrogens (tertiary/aromatic N) is 3. The van der Waals surface area contributed by atoms with E-state index in [0.717, 1.165) is 16.9 Å². The molecule has 2 heterocycles. The van der Waals surface area contributed by atoms with Crippen molar-refractivity contribution >= 4 is 17.5 Å². The zero-order valence-electron chi connectivity index (χ0n) is 21.9. The lowest BCUT2D eigenvalue weighted by atomic mass is 10.0. The predicted octanol–water partition coefficient (Wildman–Crippen LogP) is 3.33. The number of rotatable bonds is 8. The molecule has 0 spiro atoms. The largest absolute Gasteiger partial charge is 0.483 e. The monoisotopic (exact) mass is 562 g/mol. The smallest absolute Gasteiger partial charge is 0.301 e. The summed E-state index contributed by atoms with van der Waals surface area (Å²) < 4.78 is 35.3. The average molecular weight is 563 g/mol. The van der Waals surface area contributed by atoms with Crippen molar-refractivity contribution in [1.82, 2.24) is 9.88 Å². The van der Waals surface area contributed by atoms with Crippen LogP contribution in [0.4, 0.5) is 14.5 Å². The minimum Gasteiger partial charge on any atom is -0.483 e. The quantitative estimate of drug-likeness (QED) is 0.383. The molecule has 3 aromatic rings. The normalized spacial score (nSPS) is 21.8. The maximum atomic E-state index is 14.9. The number of pyridine rings is 1. The molecule has 4 atom stereocenters. The number of benzene rings is 2. The molecule has 9 nitrogen and oxygen atoms in total. The van der Waals surface area contributed by atoms with Crippen molar-refractivity contribution in [2.45, 2.75) is 36.9 Å². The van der Waals surface area contributed by atoms with Crippen LogP contribution in [-0.2, 0) is 9.59 Å². The number of aliphatic hydroxyl groups excluding tert-OH is 2. The van der Waals surface area contributed by atoms with Crippen LogP contribution in [0.2, 0.25) is 0 Å². The van der Waals surface area contributed by atoms with Crippen LogP contribution in [0.15, 0.2) is 67.0 Å².